The smallest absolute Gasteiger partial charge is 0.280 e. The van der Waals surface area contributed by atoms with Crippen LogP contribution in [0.3, 0.4) is 0 Å². The maximum absolute atomic E-state index is 13.3. The van der Waals surface area contributed by atoms with Crippen molar-refractivity contribution in [1.82, 2.24) is 35.8 Å². The topological polar surface area (TPSA) is 126 Å². The van der Waals surface area contributed by atoms with E-state index < -0.39 is 18.0 Å². The lowest BCUT2D eigenvalue weighted by Gasteiger charge is -2.42. The van der Waals surface area contributed by atoms with Crippen molar-refractivity contribution in [2.24, 2.45) is 5.41 Å². The Morgan fingerprint density at radius 1 is 1.35 bits per heavy atom. The number of aliphatic hydroxyl groups excluding tert-OH is 1. The van der Waals surface area contributed by atoms with Crippen LogP contribution >= 0.6 is 0 Å². The van der Waals surface area contributed by atoms with Crippen LogP contribution in [0.1, 0.15) is 51.8 Å². The Hall–Kier alpha value is -3.14. The summed E-state index contributed by atoms with van der Waals surface area (Å²) in [5, 5.41) is 22.7. The molecule has 2 aliphatic heterocycles. The second-order valence-corrected chi connectivity index (χ2v) is 9.72. The number of nitrogens with zero attached hydrogens (tertiary/aromatic N) is 4. The van der Waals surface area contributed by atoms with Gasteiger partial charge in [0.15, 0.2) is 5.57 Å². The minimum atomic E-state index is -0.527. The number of nitrogens with one attached hydrogen (secondary N) is 3. The van der Waals surface area contributed by atoms with Gasteiger partial charge in [0.05, 0.1) is 11.7 Å². The molecule has 4 N–H and O–H groups in total. The fourth-order valence-corrected chi connectivity index (χ4v) is 4.25. The van der Waals surface area contributed by atoms with Gasteiger partial charge in [0.25, 0.3) is 11.8 Å². The molecule has 1 saturated carbocycles. The number of rotatable bonds is 4. The molecule has 1 aliphatic carbocycles. The first-order valence-electron chi connectivity index (χ1n) is 10.6. The minimum absolute atomic E-state index is 0.0797. The zero-order chi connectivity index (χ0) is 21.9. The van der Waals surface area contributed by atoms with Crippen molar-refractivity contribution in [2.45, 2.75) is 58.3 Å². The second kappa shape index (κ2) is 6.94. The summed E-state index contributed by atoms with van der Waals surface area (Å²) >= 11 is 0. The predicted octanol–water partition coefficient (Wildman–Crippen LogP) is 1.47. The average molecular weight is 425 g/mol. The molecule has 10 nitrogen and oxygen atoms in total. The molecule has 0 radical (unpaired) electrons. The number of hydrazine groups is 1. The number of aliphatic hydroxyl groups is 1. The van der Waals surface area contributed by atoms with Crippen molar-refractivity contribution in [3.63, 3.8) is 0 Å². The van der Waals surface area contributed by atoms with Gasteiger partial charge in [0.1, 0.15) is 17.2 Å². The molecule has 2 unspecified atom stereocenters. The van der Waals surface area contributed by atoms with E-state index in [9.17, 15) is 14.7 Å². The number of aromatic amines is 1. The summed E-state index contributed by atoms with van der Waals surface area (Å²) in [6.45, 7) is 6.63. The van der Waals surface area contributed by atoms with E-state index >= 15 is 0 Å². The third-order valence-corrected chi connectivity index (χ3v) is 5.80. The Kier molecular flexibility index (Phi) is 4.44. The van der Waals surface area contributed by atoms with Crippen molar-refractivity contribution in [3.05, 3.63) is 35.5 Å². The molecule has 5 rings (SSSR count). The van der Waals surface area contributed by atoms with E-state index in [1.165, 1.54) is 5.01 Å². The van der Waals surface area contributed by atoms with Gasteiger partial charge in [-0.25, -0.2) is 10.4 Å². The number of amides is 2. The first-order valence-corrected chi connectivity index (χ1v) is 10.6. The average Bonchev–Trinajstić information content (AvgIpc) is 3.24. The fraction of sp³-hybridized carbons (Fsp3) is 0.524. The van der Waals surface area contributed by atoms with E-state index in [-0.39, 0.29) is 29.0 Å². The number of carbonyl (C=O) groups excluding carboxylic acids is 2. The highest BCUT2D eigenvalue weighted by Gasteiger charge is 2.49. The van der Waals surface area contributed by atoms with Crippen molar-refractivity contribution in [1.29, 1.82) is 0 Å². The summed E-state index contributed by atoms with van der Waals surface area (Å²) in [4.78, 5) is 32.2. The highest BCUT2D eigenvalue weighted by Crippen LogP contribution is 2.38. The van der Waals surface area contributed by atoms with Crippen LogP contribution in [0.15, 0.2) is 29.8 Å². The monoisotopic (exact) mass is 425 g/mol. The van der Waals surface area contributed by atoms with Gasteiger partial charge in [-0.3, -0.25) is 19.7 Å². The van der Waals surface area contributed by atoms with Crippen LogP contribution in [0.2, 0.25) is 0 Å². The third-order valence-electron chi connectivity index (χ3n) is 5.80. The molecule has 0 bridgehead atoms. The predicted molar refractivity (Wildman–Crippen MR) is 112 cm³/mol. The number of hydrogen-bond acceptors (Lipinski definition) is 7. The van der Waals surface area contributed by atoms with E-state index in [0.29, 0.717) is 13.0 Å². The number of pyridine rings is 1. The zero-order valence-electron chi connectivity index (χ0n) is 17.8. The maximum Gasteiger partial charge on any atom is 0.280 e. The third kappa shape index (κ3) is 3.50. The molecule has 2 aromatic rings. The number of fused-ring (bicyclic) bond motifs is 2. The summed E-state index contributed by atoms with van der Waals surface area (Å²) in [6, 6.07) is 3.50. The van der Waals surface area contributed by atoms with Crippen molar-refractivity contribution < 1.29 is 14.7 Å². The largest absolute Gasteiger partial charge is 0.494 e. The van der Waals surface area contributed by atoms with E-state index in [1.54, 1.807) is 11.1 Å². The number of aromatic nitrogens is 3. The second-order valence-electron chi connectivity index (χ2n) is 9.72. The molecular weight excluding hydrogens is 398 g/mol. The van der Waals surface area contributed by atoms with Gasteiger partial charge in [-0.15, -0.1) is 0 Å². The molecule has 31 heavy (non-hydrogen) atoms. The molecule has 0 spiro atoms. The summed E-state index contributed by atoms with van der Waals surface area (Å²) < 4.78 is 0. The summed E-state index contributed by atoms with van der Waals surface area (Å²) in [5.41, 5.74) is 5.10. The Balaban J connectivity index is 1.50. The molecule has 1 saturated heterocycles. The van der Waals surface area contributed by atoms with E-state index in [2.05, 4.69) is 46.7 Å². The van der Waals surface area contributed by atoms with Crippen LogP contribution in [-0.4, -0.2) is 60.8 Å². The Bertz CT molecular complexity index is 1080. The van der Waals surface area contributed by atoms with Gasteiger partial charge >= 0.3 is 0 Å². The van der Waals surface area contributed by atoms with E-state index in [4.69, 9.17) is 0 Å². The van der Waals surface area contributed by atoms with E-state index in [0.717, 1.165) is 29.6 Å². The van der Waals surface area contributed by atoms with Gasteiger partial charge in [0, 0.05) is 25.2 Å². The van der Waals surface area contributed by atoms with Crippen LogP contribution in [0.4, 0.5) is 0 Å². The molecule has 3 aliphatic rings. The van der Waals surface area contributed by atoms with Crippen LogP contribution in [0, 0.1) is 5.41 Å². The molecule has 2 atom stereocenters. The van der Waals surface area contributed by atoms with Gasteiger partial charge in [-0.1, -0.05) is 20.8 Å². The summed E-state index contributed by atoms with van der Waals surface area (Å²) in [5.74, 6) is -1.30. The molecule has 164 valence electrons. The number of carbonyl (C=O) groups is 2. The number of H-pyrrole nitrogens is 1. The first-order chi connectivity index (χ1) is 14.7. The SMILES string of the molecule is CC(C)(C)CN1C(O)=C(C(=O)NC2CC2)C(=O)N2NC(c3[nH]nc4cccnc34)CC12. The van der Waals surface area contributed by atoms with E-state index in [1.807, 2.05) is 12.1 Å². The molecule has 2 amide bonds. The van der Waals surface area contributed by atoms with Crippen LogP contribution in [-0.2, 0) is 9.59 Å². The number of hydrogen-bond donors (Lipinski definition) is 4. The molecule has 4 heterocycles. The molecular formula is C21H27N7O3. The van der Waals surface area contributed by atoms with Gasteiger partial charge in [-0.05, 0) is 30.4 Å². The molecule has 10 heteroatoms. The van der Waals surface area contributed by atoms with Crippen molar-refractivity contribution in [2.75, 3.05) is 6.54 Å². The molecule has 2 fully saturated rings. The minimum Gasteiger partial charge on any atom is -0.494 e. The van der Waals surface area contributed by atoms with Crippen molar-refractivity contribution >= 4 is 22.8 Å². The highest BCUT2D eigenvalue weighted by molar-refractivity contribution is 6.19. The van der Waals surface area contributed by atoms with Crippen molar-refractivity contribution in [3.8, 4) is 0 Å². The molecule has 2 aromatic heterocycles. The first kappa shape index (κ1) is 19.8. The summed E-state index contributed by atoms with van der Waals surface area (Å²) in [6.07, 6.45) is 3.57. The quantitative estimate of drug-likeness (QED) is 0.547. The lowest BCUT2D eigenvalue weighted by Crippen LogP contribution is -2.58. The summed E-state index contributed by atoms with van der Waals surface area (Å²) in [7, 11) is 0. The lowest BCUT2D eigenvalue weighted by molar-refractivity contribution is -0.142. The Morgan fingerprint density at radius 3 is 2.84 bits per heavy atom. The van der Waals surface area contributed by atoms with Crippen LogP contribution in [0.5, 0.6) is 0 Å². The standard InChI is InChI=1S/C21H27N7O3/c1-21(2,3)10-27-14-9-13(17-16-12(24-25-17)5-4-8-22-16)26-28(14)20(31)15(19(27)30)18(29)23-11-6-7-11/h4-5,8,11,13-14,26,30H,6-7,9-10H2,1-3H3,(H,23,29)(H,24,25). The van der Waals surface area contributed by atoms with Gasteiger partial charge in [0.2, 0.25) is 5.88 Å². The lowest BCUT2D eigenvalue weighted by atomic mass is 9.94. The fourth-order valence-electron chi connectivity index (χ4n) is 4.25. The van der Waals surface area contributed by atoms with Gasteiger partial charge in [-0.2, -0.15) is 5.10 Å². The molecule has 0 aromatic carbocycles. The normalized spacial score (nSPS) is 24.2. The Morgan fingerprint density at radius 2 is 2.13 bits per heavy atom. The Labute approximate surface area is 179 Å². The van der Waals surface area contributed by atoms with Gasteiger partial charge < -0.3 is 15.3 Å². The van der Waals surface area contributed by atoms with Crippen LogP contribution in [0.25, 0.3) is 11.0 Å². The maximum atomic E-state index is 13.3. The zero-order valence-corrected chi connectivity index (χ0v) is 17.8. The highest BCUT2D eigenvalue weighted by atomic mass is 16.3. The van der Waals surface area contributed by atoms with Crippen LogP contribution < -0.4 is 10.7 Å².